The molecule has 0 bridgehead atoms. The second kappa shape index (κ2) is 6.93. The maximum atomic E-state index is 12.4. The van der Waals surface area contributed by atoms with Crippen LogP contribution in [0.3, 0.4) is 0 Å². The first kappa shape index (κ1) is 18.4. The van der Waals surface area contributed by atoms with Crippen molar-refractivity contribution in [1.82, 2.24) is 5.32 Å². The monoisotopic (exact) mass is 353 g/mol. The normalized spacial score (nSPS) is 24.3. The first-order valence-electron chi connectivity index (χ1n) is 7.95. The summed E-state index contributed by atoms with van der Waals surface area (Å²) in [6, 6.07) is 6.37. The van der Waals surface area contributed by atoms with Crippen LogP contribution >= 0.6 is 0 Å². The Hall–Kier alpha value is -1.89. The third-order valence-corrected chi connectivity index (χ3v) is 5.85. The van der Waals surface area contributed by atoms with Gasteiger partial charge in [0.2, 0.25) is 5.91 Å². The van der Waals surface area contributed by atoms with E-state index >= 15 is 0 Å². The van der Waals surface area contributed by atoms with Crippen LogP contribution in [0.4, 0.5) is 0 Å². The molecule has 0 aliphatic heterocycles. The molecule has 1 aliphatic rings. The van der Waals surface area contributed by atoms with Crippen LogP contribution in [-0.4, -0.2) is 37.2 Å². The van der Waals surface area contributed by atoms with Gasteiger partial charge < -0.3 is 10.4 Å². The summed E-state index contributed by atoms with van der Waals surface area (Å²) in [7, 11) is -3.43. The highest BCUT2D eigenvalue weighted by molar-refractivity contribution is 7.90. The van der Waals surface area contributed by atoms with Crippen molar-refractivity contribution in [2.75, 3.05) is 6.26 Å². The van der Waals surface area contributed by atoms with E-state index in [1.807, 2.05) is 0 Å². The zero-order valence-corrected chi connectivity index (χ0v) is 14.7. The fourth-order valence-corrected chi connectivity index (χ4v) is 4.37. The van der Waals surface area contributed by atoms with Crippen molar-refractivity contribution in [3.05, 3.63) is 29.8 Å². The number of carbonyl (C=O) groups excluding carboxylic acids is 1. The molecule has 7 heteroatoms. The maximum absolute atomic E-state index is 12.4. The van der Waals surface area contributed by atoms with Crippen molar-refractivity contribution in [2.24, 2.45) is 5.92 Å². The van der Waals surface area contributed by atoms with E-state index in [9.17, 15) is 23.1 Å². The Morgan fingerprint density at radius 3 is 2.58 bits per heavy atom. The smallest absolute Gasteiger partial charge is 0.308 e. The molecule has 2 rings (SSSR count). The lowest BCUT2D eigenvalue weighted by Crippen LogP contribution is -2.55. The molecule has 0 heterocycles. The molecule has 1 saturated carbocycles. The van der Waals surface area contributed by atoms with Crippen LogP contribution in [0.5, 0.6) is 0 Å². The molecule has 1 fully saturated rings. The largest absolute Gasteiger partial charge is 0.481 e. The summed E-state index contributed by atoms with van der Waals surface area (Å²) in [5.41, 5.74) is -0.384. The molecular weight excluding hydrogens is 330 g/mol. The van der Waals surface area contributed by atoms with E-state index in [2.05, 4.69) is 5.32 Å². The van der Waals surface area contributed by atoms with Crippen LogP contribution in [0, 0.1) is 5.92 Å². The summed E-state index contributed by atoms with van der Waals surface area (Å²) in [5, 5.41) is 12.2. The number of hydrogen-bond acceptors (Lipinski definition) is 4. The molecule has 6 nitrogen and oxygen atoms in total. The van der Waals surface area contributed by atoms with Crippen molar-refractivity contribution < 1.29 is 23.1 Å². The van der Waals surface area contributed by atoms with Gasteiger partial charge in [0.15, 0.2) is 9.84 Å². The van der Waals surface area contributed by atoms with E-state index in [1.54, 1.807) is 25.1 Å². The molecule has 0 saturated heterocycles. The molecule has 0 radical (unpaired) electrons. The fourth-order valence-electron chi connectivity index (χ4n) is 3.43. The lowest BCUT2D eigenvalue weighted by molar-refractivity contribution is -0.146. The number of rotatable bonds is 5. The number of carboxylic acid groups (broad SMARTS) is 1. The van der Waals surface area contributed by atoms with Gasteiger partial charge in [-0.3, -0.25) is 9.59 Å². The van der Waals surface area contributed by atoms with E-state index < -0.39 is 27.3 Å². The van der Waals surface area contributed by atoms with Crippen LogP contribution in [0.1, 0.15) is 38.2 Å². The highest BCUT2D eigenvalue weighted by Gasteiger charge is 2.42. The Balaban J connectivity index is 2.18. The van der Waals surface area contributed by atoms with Gasteiger partial charge in [0.05, 0.1) is 22.8 Å². The number of carboxylic acids is 1. The quantitative estimate of drug-likeness (QED) is 0.840. The van der Waals surface area contributed by atoms with Gasteiger partial charge in [-0.15, -0.1) is 0 Å². The van der Waals surface area contributed by atoms with E-state index in [0.717, 1.165) is 19.1 Å². The molecule has 1 aromatic carbocycles. The lowest BCUT2D eigenvalue weighted by Gasteiger charge is -2.39. The van der Waals surface area contributed by atoms with Crippen LogP contribution in [-0.2, 0) is 25.8 Å². The van der Waals surface area contributed by atoms with Gasteiger partial charge in [-0.2, -0.15) is 0 Å². The molecule has 24 heavy (non-hydrogen) atoms. The third-order valence-electron chi connectivity index (χ3n) is 4.65. The van der Waals surface area contributed by atoms with E-state index in [1.165, 1.54) is 6.07 Å². The average molecular weight is 353 g/mol. The summed E-state index contributed by atoms with van der Waals surface area (Å²) >= 11 is 0. The number of amides is 1. The van der Waals surface area contributed by atoms with E-state index in [-0.39, 0.29) is 17.2 Å². The summed E-state index contributed by atoms with van der Waals surface area (Å²) in [4.78, 5) is 24.0. The van der Waals surface area contributed by atoms with Gasteiger partial charge in [0.25, 0.3) is 0 Å². The van der Waals surface area contributed by atoms with Gasteiger partial charge in [-0.25, -0.2) is 8.42 Å². The average Bonchev–Trinajstić information content (AvgIpc) is 2.46. The minimum Gasteiger partial charge on any atom is -0.481 e. The van der Waals surface area contributed by atoms with Crippen molar-refractivity contribution in [1.29, 1.82) is 0 Å². The lowest BCUT2D eigenvalue weighted by atomic mass is 9.74. The summed E-state index contributed by atoms with van der Waals surface area (Å²) in [6.45, 7) is 1.76. The van der Waals surface area contributed by atoms with Crippen LogP contribution < -0.4 is 5.32 Å². The fraction of sp³-hybridized carbons (Fsp3) is 0.529. The number of hydrogen-bond donors (Lipinski definition) is 2. The Kier molecular flexibility index (Phi) is 5.32. The molecule has 2 N–H and O–H groups in total. The molecule has 2 atom stereocenters. The summed E-state index contributed by atoms with van der Waals surface area (Å²) < 4.78 is 23.6. The van der Waals surface area contributed by atoms with Crippen LogP contribution in [0.15, 0.2) is 29.2 Å². The molecule has 0 spiro atoms. The molecule has 132 valence electrons. The summed E-state index contributed by atoms with van der Waals surface area (Å²) in [6.07, 6.45) is 3.84. The highest BCUT2D eigenvalue weighted by atomic mass is 32.2. The standard InChI is InChI=1S/C17H23NO5S/c1-17(10-6-5-8-13(17)16(20)21)18-15(19)11-12-7-3-4-9-14(12)24(2,22)23/h3-4,7,9,13H,5-6,8,10-11H2,1-2H3,(H,18,19)(H,20,21). The predicted molar refractivity (Wildman–Crippen MR) is 89.4 cm³/mol. The molecule has 1 aromatic rings. The molecule has 2 unspecified atom stereocenters. The number of nitrogens with one attached hydrogen (secondary N) is 1. The Morgan fingerprint density at radius 2 is 1.96 bits per heavy atom. The SMILES string of the molecule is CC1(NC(=O)Cc2ccccc2S(C)(=O)=O)CCCCC1C(=O)O. The molecular formula is C17H23NO5S. The zero-order chi connectivity index (χ0) is 18.0. The molecule has 0 aromatic heterocycles. The number of benzene rings is 1. The first-order valence-corrected chi connectivity index (χ1v) is 9.84. The highest BCUT2D eigenvalue weighted by Crippen LogP contribution is 2.34. The van der Waals surface area contributed by atoms with Crippen molar-refractivity contribution in [3.63, 3.8) is 0 Å². The van der Waals surface area contributed by atoms with Gasteiger partial charge in [-0.1, -0.05) is 31.0 Å². The number of carbonyl (C=O) groups is 2. The van der Waals surface area contributed by atoms with E-state index in [0.29, 0.717) is 18.4 Å². The Bertz CT molecular complexity index is 743. The second-order valence-electron chi connectivity index (χ2n) is 6.66. The third kappa shape index (κ3) is 4.14. The molecule has 1 aliphatic carbocycles. The second-order valence-corrected chi connectivity index (χ2v) is 8.64. The zero-order valence-electron chi connectivity index (χ0n) is 13.9. The van der Waals surface area contributed by atoms with Crippen molar-refractivity contribution >= 4 is 21.7 Å². The topological polar surface area (TPSA) is 101 Å². The minimum atomic E-state index is -3.43. The number of aliphatic carboxylic acids is 1. The maximum Gasteiger partial charge on any atom is 0.308 e. The summed E-state index contributed by atoms with van der Waals surface area (Å²) in [5.74, 6) is -1.89. The van der Waals surface area contributed by atoms with Crippen LogP contribution in [0.2, 0.25) is 0 Å². The Labute approximate surface area is 142 Å². The van der Waals surface area contributed by atoms with Gasteiger partial charge in [0.1, 0.15) is 0 Å². The minimum absolute atomic E-state index is 0.0921. The van der Waals surface area contributed by atoms with Crippen molar-refractivity contribution in [3.8, 4) is 0 Å². The number of sulfone groups is 1. The van der Waals surface area contributed by atoms with Crippen molar-refractivity contribution in [2.45, 2.75) is 49.5 Å². The van der Waals surface area contributed by atoms with Gasteiger partial charge >= 0.3 is 5.97 Å². The van der Waals surface area contributed by atoms with Gasteiger partial charge in [0, 0.05) is 6.26 Å². The first-order chi connectivity index (χ1) is 11.1. The predicted octanol–water partition coefficient (Wildman–Crippen LogP) is 1.78. The van der Waals surface area contributed by atoms with Gasteiger partial charge in [-0.05, 0) is 31.4 Å². The van der Waals surface area contributed by atoms with Crippen LogP contribution in [0.25, 0.3) is 0 Å². The molecule has 1 amide bonds. The Morgan fingerprint density at radius 1 is 1.29 bits per heavy atom. The van der Waals surface area contributed by atoms with E-state index in [4.69, 9.17) is 0 Å².